The van der Waals surface area contributed by atoms with Crippen molar-refractivity contribution >= 4 is 17.4 Å². The zero-order chi connectivity index (χ0) is 24.5. The van der Waals surface area contributed by atoms with E-state index in [2.05, 4.69) is 5.32 Å². The van der Waals surface area contributed by atoms with Crippen molar-refractivity contribution in [2.75, 3.05) is 11.9 Å². The predicted octanol–water partition coefficient (Wildman–Crippen LogP) is 4.93. The molecule has 34 heavy (non-hydrogen) atoms. The summed E-state index contributed by atoms with van der Waals surface area (Å²) in [6, 6.07) is 9.60. The van der Waals surface area contributed by atoms with Gasteiger partial charge in [-0.25, -0.2) is 4.39 Å². The molecule has 1 atom stereocenters. The zero-order valence-electron chi connectivity index (χ0n) is 17.9. The van der Waals surface area contributed by atoms with Crippen molar-refractivity contribution in [1.82, 2.24) is 0 Å². The summed E-state index contributed by atoms with van der Waals surface area (Å²) < 4.78 is 56.2. The van der Waals surface area contributed by atoms with E-state index in [1.165, 1.54) is 24.3 Å². The van der Waals surface area contributed by atoms with Crippen molar-refractivity contribution in [2.24, 2.45) is 0 Å². The number of allylic oxidation sites excluding steroid dienone is 3. The number of Topliss-reactive ketones (excluding diaryl/α,β-unsaturated/α-hetero) is 1. The quantitative estimate of drug-likeness (QED) is 0.459. The van der Waals surface area contributed by atoms with Crippen molar-refractivity contribution < 1.29 is 37.0 Å². The molecule has 0 spiro atoms. The lowest BCUT2D eigenvalue weighted by Crippen LogP contribution is -2.33. The number of carbonyl (C=O) groups is 2. The number of rotatable bonds is 6. The molecule has 2 aromatic rings. The van der Waals surface area contributed by atoms with Crippen LogP contribution in [0.3, 0.4) is 0 Å². The van der Waals surface area contributed by atoms with Crippen molar-refractivity contribution in [2.45, 2.75) is 37.0 Å². The summed E-state index contributed by atoms with van der Waals surface area (Å²) in [6.45, 7) is -1.65. The molecular weight excluding hydrogens is 454 g/mol. The number of anilines is 1. The molecule has 2 aliphatic carbocycles. The third-order valence-corrected chi connectivity index (χ3v) is 5.92. The number of amides is 1. The number of ketones is 1. The summed E-state index contributed by atoms with van der Waals surface area (Å²) in [7, 11) is 0. The molecule has 0 aromatic heterocycles. The highest BCUT2D eigenvalue weighted by atomic mass is 19.4. The first-order valence-corrected chi connectivity index (χ1v) is 10.6. The van der Waals surface area contributed by atoms with Gasteiger partial charge in [0.2, 0.25) is 0 Å². The van der Waals surface area contributed by atoms with E-state index in [1.54, 1.807) is 24.3 Å². The average molecular weight is 475 g/mol. The number of aliphatic hydroxyl groups is 1. The van der Waals surface area contributed by atoms with Crippen molar-refractivity contribution in [1.29, 1.82) is 0 Å². The number of halogens is 4. The summed E-state index contributed by atoms with van der Waals surface area (Å²) in [4.78, 5) is 25.8. The van der Waals surface area contributed by atoms with E-state index in [0.29, 0.717) is 18.5 Å². The molecule has 178 valence electrons. The Hall–Kier alpha value is -3.46. The molecule has 5 nitrogen and oxygen atoms in total. The van der Waals surface area contributed by atoms with Gasteiger partial charge in [0.25, 0.3) is 5.91 Å². The first kappa shape index (κ1) is 23.7. The number of nitrogens with one attached hydrogen (secondary N) is 1. The van der Waals surface area contributed by atoms with Crippen LogP contribution >= 0.6 is 0 Å². The Kier molecular flexibility index (Phi) is 6.31. The van der Waals surface area contributed by atoms with E-state index in [9.17, 15) is 32.3 Å². The second-order valence-corrected chi connectivity index (χ2v) is 8.31. The lowest BCUT2D eigenvalue weighted by molar-refractivity contribution is -0.153. The van der Waals surface area contributed by atoms with Gasteiger partial charge in [0.05, 0.1) is 17.1 Å². The lowest BCUT2D eigenvalue weighted by Gasteiger charge is -2.37. The highest BCUT2D eigenvalue weighted by Gasteiger charge is 2.36. The van der Waals surface area contributed by atoms with Crippen molar-refractivity contribution in [3.63, 3.8) is 0 Å². The van der Waals surface area contributed by atoms with E-state index < -0.39 is 47.6 Å². The first-order chi connectivity index (χ1) is 16.1. The monoisotopic (exact) mass is 475 g/mol. The molecule has 2 N–H and O–H groups in total. The molecular formula is C25H21F4NO4. The minimum Gasteiger partial charge on any atom is -0.484 e. The van der Waals surface area contributed by atoms with Crippen LogP contribution in [0, 0.1) is 5.82 Å². The second kappa shape index (κ2) is 9.06. The normalized spacial score (nSPS) is 19.3. The van der Waals surface area contributed by atoms with Crippen LogP contribution < -0.4 is 10.1 Å². The molecule has 1 unspecified atom stereocenters. The molecule has 1 amide bonds. The number of benzene rings is 2. The van der Waals surface area contributed by atoms with Gasteiger partial charge in [0, 0.05) is 17.3 Å². The van der Waals surface area contributed by atoms with Crippen molar-refractivity contribution in [3.05, 3.63) is 83.2 Å². The SMILES string of the molecule is O=C(Nc1ccc(C2(O)CCC2)cc1)C1=CC=CC(c2ccc(F)cc2OCC(F)(F)F)C1=O. The molecule has 0 radical (unpaired) electrons. The predicted molar refractivity (Wildman–Crippen MR) is 116 cm³/mol. The lowest BCUT2D eigenvalue weighted by atomic mass is 9.75. The summed E-state index contributed by atoms with van der Waals surface area (Å²) in [5, 5.41) is 13.0. The minimum atomic E-state index is -4.65. The van der Waals surface area contributed by atoms with Crippen LogP contribution in [0.4, 0.5) is 23.2 Å². The van der Waals surface area contributed by atoms with E-state index in [0.717, 1.165) is 24.1 Å². The Morgan fingerprint density at radius 3 is 2.47 bits per heavy atom. The van der Waals surface area contributed by atoms with Gasteiger partial charge in [0.15, 0.2) is 12.4 Å². The van der Waals surface area contributed by atoms with Gasteiger partial charge in [-0.1, -0.05) is 30.4 Å². The highest BCUT2D eigenvalue weighted by molar-refractivity contribution is 6.26. The van der Waals surface area contributed by atoms with Gasteiger partial charge in [-0.05, 0) is 49.1 Å². The standard InChI is InChI=1S/C25H21F4NO4/c26-16-7-10-18(21(13-16)34-14-25(27,28)29)19-3-1-4-20(22(19)31)23(32)30-17-8-5-15(6-9-17)24(33)11-2-12-24/h1,3-10,13,19,33H,2,11-12,14H2,(H,30,32). The second-order valence-electron chi connectivity index (χ2n) is 8.31. The van der Waals surface area contributed by atoms with Gasteiger partial charge in [-0.15, -0.1) is 0 Å². The van der Waals surface area contributed by atoms with E-state index >= 15 is 0 Å². The van der Waals surface area contributed by atoms with Gasteiger partial charge >= 0.3 is 6.18 Å². The van der Waals surface area contributed by atoms with Crippen LogP contribution in [-0.2, 0) is 15.2 Å². The topological polar surface area (TPSA) is 75.6 Å². The minimum absolute atomic E-state index is 0.0170. The molecule has 0 bridgehead atoms. The summed E-state index contributed by atoms with van der Waals surface area (Å²) in [5.41, 5.74) is 0.121. The van der Waals surface area contributed by atoms with Crippen LogP contribution in [0.25, 0.3) is 0 Å². The third-order valence-electron chi connectivity index (χ3n) is 5.92. The number of alkyl halides is 3. The molecule has 9 heteroatoms. The molecule has 0 saturated heterocycles. The molecule has 4 rings (SSSR count). The van der Waals surface area contributed by atoms with Crippen LogP contribution in [0.15, 0.2) is 66.3 Å². The molecule has 2 aromatic carbocycles. The van der Waals surface area contributed by atoms with Crippen LogP contribution in [0.2, 0.25) is 0 Å². The highest BCUT2D eigenvalue weighted by Crippen LogP contribution is 2.41. The molecule has 0 aliphatic heterocycles. The Morgan fingerprint density at radius 1 is 1.15 bits per heavy atom. The summed E-state index contributed by atoms with van der Waals surface area (Å²) in [5.74, 6) is -3.73. The summed E-state index contributed by atoms with van der Waals surface area (Å²) in [6.07, 6.45) is 1.78. The maximum atomic E-state index is 13.7. The fourth-order valence-electron chi connectivity index (χ4n) is 3.94. The van der Waals surface area contributed by atoms with Crippen LogP contribution in [0.5, 0.6) is 5.75 Å². The Morgan fingerprint density at radius 2 is 1.85 bits per heavy atom. The largest absolute Gasteiger partial charge is 0.484 e. The fourth-order valence-corrected chi connectivity index (χ4v) is 3.94. The Labute approximate surface area is 192 Å². The molecule has 1 saturated carbocycles. The van der Waals surface area contributed by atoms with Gasteiger partial charge < -0.3 is 15.2 Å². The fraction of sp³-hybridized carbons (Fsp3) is 0.280. The van der Waals surface area contributed by atoms with E-state index in [4.69, 9.17) is 4.74 Å². The van der Waals surface area contributed by atoms with Crippen LogP contribution in [0.1, 0.15) is 36.3 Å². The van der Waals surface area contributed by atoms with E-state index in [1.807, 2.05) is 0 Å². The Bertz CT molecular complexity index is 1160. The summed E-state index contributed by atoms with van der Waals surface area (Å²) >= 11 is 0. The number of hydrogen-bond acceptors (Lipinski definition) is 4. The van der Waals surface area contributed by atoms with E-state index in [-0.39, 0.29) is 11.1 Å². The number of carbonyl (C=O) groups excluding carboxylic acids is 2. The smallest absolute Gasteiger partial charge is 0.422 e. The number of ether oxygens (including phenoxy) is 1. The number of hydrogen-bond donors (Lipinski definition) is 2. The average Bonchev–Trinajstić information content (AvgIpc) is 2.76. The Balaban J connectivity index is 1.50. The van der Waals surface area contributed by atoms with Gasteiger partial charge in [0.1, 0.15) is 11.6 Å². The zero-order valence-corrected chi connectivity index (χ0v) is 17.9. The first-order valence-electron chi connectivity index (χ1n) is 10.6. The van der Waals surface area contributed by atoms with Crippen molar-refractivity contribution in [3.8, 4) is 5.75 Å². The van der Waals surface area contributed by atoms with Crippen LogP contribution in [-0.4, -0.2) is 29.6 Å². The molecule has 1 fully saturated rings. The third kappa shape index (κ3) is 5.04. The molecule has 2 aliphatic rings. The van der Waals surface area contributed by atoms with Gasteiger partial charge in [-0.3, -0.25) is 9.59 Å². The molecule has 0 heterocycles. The maximum absolute atomic E-state index is 13.7. The van der Waals surface area contributed by atoms with Gasteiger partial charge in [-0.2, -0.15) is 13.2 Å². The maximum Gasteiger partial charge on any atom is 0.422 e.